The molecule has 0 unspecified atom stereocenters. The van der Waals surface area contributed by atoms with Crippen molar-refractivity contribution in [3.05, 3.63) is 29.8 Å². The summed E-state index contributed by atoms with van der Waals surface area (Å²) < 4.78 is 0. The van der Waals surface area contributed by atoms with Crippen molar-refractivity contribution < 1.29 is 0 Å². The second kappa shape index (κ2) is 4.88. The first kappa shape index (κ1) is 11.6. The first-order chi connectivity index (χ1) is 6.66. The maximum atomic E-state index is 2.35. The predicted molar refractivity (Wildman–Crippen MR) is 66.2 cm³/mol. The van der Waals surface area contributed by atoms with E-state index in [-0.39, 0.29) is 0 Å². The van der Waals surface area contributed by atoms with Crippen molar-refractivity contribution in [3.63, 3.8) is 0 Å². The number of thioether (sulfide) groups is 1. The molecule has 0 radical (unpaired) electrons. The summed E-state index contributed by atoms with van der Waals surface area (Å²) in [6, 6.07) is 9.00. The van der Waals surface area contributed by atoms with E-state index in [1.54, 1.807) is 11.8 Å². The zero-order valence-electron chi connectivity index (χ0n) is 9.63. The van der Waals surface area contributed by atoms with Gasteiger partial charge in [0.05, 0.1) is 0 Å². The van der Waals surface area contributed by atoms with Gasteiger partial charge in [-0.1, -0.05) is 32.9 Å². The molecule has 0 fully saturated rings. The molecular weight excluding hydrogens is 188 g/mol. The normalized spacial score (nSPS) is 11.7. The number of hydrogen-bond donors (Lipinski definition) is 0. The van der Waals surface area contributed by atoms with Crippen molar-refractivity contribution in [3.8, 4) is 0 Å². The molecule has 0 aromatic heterocycles. The maximum Gasteiger partial charge on any atom is 0.00693 e. The van der Waals surface area contributed by atoms with Gasteiger partial charge in [0, 0.05) is 4.90 Å². The van der Waals surface area contributed by atoms with Crippen LogP contribution in [0.1, 0.15) is 39.2 Å². The van der Waals surface area contributed by atoms with Gasteiger partial charge in [0.15, 0.2) is 0 Å². The molecular formula is C13H20S. The number of hydrogen-bond acceptors (Lipinski definition) is 1. The van der Waals surface area contributed by atoms with E-state index in [2.05, 4.69) is 51.3 Å². The van der Waals surface area contributed by atoms with Crippen LogP contribution in [0.15, 0.2) is 29.2 Å². The van der Waals surface area contributed by atoms with Crippen LogP contribution in [0.5, 0.6) is 0 Å². The monoisotopic (exact) mass is 208 g/mol. The molecule has 0 nitrogen and oxygen atoms in total. The fourth-order valence-corrected chi connectivity index (χ4v) is 2.06. The number of rotatable bonds is 4. The molecule has 1 rings (SSSR count). The SMILES string of the molecule is CCC(C)(CC)c1ccc(SC)cc1. The highest BCUT2D eigenvalue weighted by Gasteiger charge is 2.21. The smallest absolute Gasteiger partial charge is 0.00693 e. The third-order valence-corrected chi connectivity index (χ3v) is 4.09. The zero-order valence-corrected chi connectivity index (χ0v) is 10.4. The van der Waals surface area contributed by atoms with Gasteiger partial charge in [-0.2, -0.15) is 0 Å². The van der Waals surface area contributed by atoms with Gasteiger partial charge in [-0.3, -0.25) is 0 Å². The quantitative estimate of drug-likeness (QED) is 0.657. The molecule has 0 bridgehead atoms. The summed E-state index contributed by atoms with van der Waals surface area (Å²) in [6.07, 6.45) is 4.54. The Labute approximate surface area is 92.1 Å². The molecule has 0 N–H and O–H groups in total. The lowest BCUT2D eigenvalue weighted by Gasteiger charge is -2.27. The summed E-state index contributed by atoms with van der Waals surface area (Å²) in [5, 5.41) is 0. The molecule has 0 aliphatic carbocycles. The van der Waals surface area contributed by atoms with Gasteiger partial charge in [0.2, 0.25) is 0 Å². The summed E-state index contributed by atoms with van der Waals surface area (Å²) in [5.74, 6) is 0. The summed E-state index contributed by atoms with van der Waals surface area (Å²) in [5.41, 5.74) is 1.83. The summed E-state index contributed by atoms with van der Waals surface area (Å²) in [6.45, 7) is 6.89. The van der Waals surface area contributed by atoms with Crippen LogP contribution in [0.3, 0.4) is 0 Å². The first-order valence-corrected chi connectivity index (χ1v) is 6.53. The summed E-state index contributed by atoms with van der Waals surface area (Å²) >= 11 is 1.80. The van der Waals surface area contributed by atoms with E-state index in [9.17, 15) is 0 Å². The van der Waals surface area contributed by atoms with E-state index in [0.29, 0.717) is 5.41 Å². The minimum atomic E-state index is 0.358. The molecule has 0 amide bonds. The molecule has 0 saturated carbocycles. The van der Waals surface area contributed by atoms with Gasteiger partial charge in [-0.15, -0.1) is 11.8 Å². The molecule has 0 aliphatic heterocycles. The fourth-order valence-electron chi connectivity index (χ4n) is 1.65. The molecule has 0 atom stereocenters. The Morgan fingerprint density at radius 3 is 1.93 bits per heavy atom. The lowest BCUT2D eigenvalue weighted by molar-refractivity contribution is 0.438. The Hall–Kier alpha value is -0.430. The average molecular weight is 208 g/mol. The molecule has 0 aliphatic rings. The molecule has 1 aromatic rings. The minimum absolute atomic E-state index is 0.358. The minimum Gasteiger partial charge on any atom is -0.130 e. The van der Waals surface area contributed by atoms with Crippen LogP contribution in [0.2, 0.25) is 0 Å². The van der Waals surface area contributed by atoms with Crippen LogP contribution >= 0.6 is 11.8 Å². The zero-order chi connectivity index (χ0) is 10.6. The average Bonchev–Trinajstić information content (AvgIpc) is 2.28. The summed E-state index contributed by atoms with van der Waals surface area (Å²) in [4.78, 5) is 1.35. The van der Waals surface area contributed by atoms with E-state index in [4.69, 9.17) is 0 Å². The predicted octanol–water partition coefficient (Wildman–Crippen LogP) is 4.49. The third kappa shape index (κ3) is 2.33. The highest BCUT2D eigenvalue weighted by atomic mass is 32.2. The Bertz CT molecular complexity index is 270. The van der Waals surface area contributed by atoms with E-state index in [1.165, 1.54) is 23.3 Å². The van der Waals surface area contributed by atoms with E-state index in [1.807, 2.05) is 0 Å². The highest BCUT2D eigenvalue weighted by molar-refractivity contribution is 7.98. The van der Waals surface area contributed by atoms with Crippen molar-refractivity contribution in [2.24, 2.45) is 0 Å². The van der Waals surface area contributed by atoms with Crippen molar-refractivity contribution in [2.75, 3.05) is 6.26 Å². The van der Waals surface area contributed by atoms with Gasteiger partial charge in [0.25, 0.3) is 0 Å². The van der Waals surface area contributed by atoms with Gasteiger partial charge in [0.1, 0.15) is 0 Å². The summed E-state index contributed by atoms with van der Waals surface area (Å²) in [7, 11) is 0. The third-order valence-electron chi connectivity index (χ3n) is 3.35. The molecule has 1 aromatic carbocycles. The van der Waals surface area contributed by atoms with Crippen molar-refractivity contribution >= 4 is 11.8 Å². The van der Waals surface area contributed by atoms with Crippen molar-refractivity contribution in [1.82, 2.24) is 0 Å². The van der Waals surface area contributed by atoms with Gasteiger partial charge >= 0.3 is 0 Å². The molecule has 0 saturated heterocycles. The van der Waals surface area contributed by atoms with E-state index >= 15 is 0 Å². The Kier molecular flexibility index (Phi) is 4.06. The molecule has 14 heavy (non-hydrogen) atoms. The topological polar surface area (TPSA) is 0 Å². The second-order valence-electron chi connectivity index (χ2n) is 4.00. The number of benzene rings is 1. The van der Waals surface area contributed by atoms with Crippen LogP contribution in [-0.2, 0) is 5.41 Å². The van der Waals surface area contributed by atoms with E-state index in [0.717, 1.165) is 0 Å². The Balaban J connectivity index is 2.95. The molecule has 78 valence electrons. The van der Waals surface area contributed by atoms with E-state index < -0.39 is 0 Å². The lowest BCUT2D eigenvalue weighted by atomic mass is 9.78. The van der Waals surface area contributed by atoms with Crippen LogP contribution < -0.4 is 0 Å². The second-order valence-corrected chi connectivity index (χ2v) is 4.88. The molecule has 1 heteroatoms. The van der Waals surface area contributed by atoms with Crippen LogP contribution in [-0.4, -0.2) is 6.26 Å². The standard InChI is InChI=1S/C13H20S/c1-5-13(3,6-2)11-7-9-12(14-4)10-8-11/h7-10H,5-6H2,1-4H3. The largest absolute Gasteiger partial charge is 0.130 e. The van der Waals surface area contributed by atoms with Crippen LogP contribution in [0, 0.1) is 0 Å². The molecule has 0 spiro atoms. The fraction of sp³-hybridized carbons (Fsp3) is 0.538. The maximum absolute atomic E-state index is 2.35. The first-order valence-electron chi connectivity index (χ1n) is 5.31. The molecule has 0 heterocycles. The highest BCUT2D eigenvalue weighted by Crippen LogP contribution is 2.31. The van der Waals surface area contributed by atoms with Crippen LogP contribution in [0.4, 0.5) is 0 Å². The van der Waals surface area contributed by atoms with Gasteiger partial charge < -0.3 is 0 Å². The Morgan fingerprint density at radius 1 is 1.07 bits per heavy atom. The van der Waals surface area contributed by atoms with Gasteiger partial charge in [-0.05, 0) is 42.2 Å². The lowest BCUT2D eigenvalue weighted by Crippen LogP contribution is -2.19. The van der Waals surface area contributed by atoms with Crippen molar-refractivity contribution in [2.45, 2.75) is 43.9 Å². The van der Waals surface area contributed by atoms with Crippen molar-refractivity contribution in [1.29, 1.82) is 0 Å². The Morgan fingerprint density at radius 2 is 1.57 bits per heavy atom. The van der Waals surface area contributed by atoms with Crippen LogP contribution in [0.25, 0.3) is 0 Å². The van der Waals surface area contributed by atoms with Gasteiger partial charge in [-0.25, -0.2) is 0 Å².